The fraction of sp³-hybridized carbons (Fsp3) is 0.706. The van der Waals surface area contributed by atoms with Gasteiger partial charge in [0.15, 0.2) is 0 Å². The van der Waals surface area contributed by atoms with Gasteiger partial charge in [-0.05, 0) is 31.1 Å². The predicted octanol–water partition coefficient (Wildman–Crippen LogP) is 4.39. The summed E-state index contributed by atoms with van der Waals surface area (Å²) in [6.07, 6.45) is 11.1. The van der Waals surface area contributed by atoms with Crippen molar-refractivity contribution in [2.45, 2.75) is 77.6 Å². The smallest absolute Gasteiger partial charge is 0.303 e. The Kier molecular flexibility index (Phi) is 13.6. The van der Waals surface area contributed by atoms with Gasteiger partial charge in [0.25, 0.3) is 0 Å². The highest BCUT2D eigenvalue weighted by atomic mass is 16.4. The normalized spacial score (nSPS) is 9.11. The Balaban J connectivity index is 3.19. The van der Waals surface area contributed by atoms with Gasteiger partial charge in [-0.2, -0.15) is 0 Å². The molecule has 0 saturated carbocycles. The molecule has 1 N–H and O–H groups in total. The summed E-state index contributed by atoms with van der Waals surface area (Å²) in [7, 11) is 0. The van der Waals surface area contributed by atoms with Crippen LogP contribution in [0.25, 0.3) is 0 Å². The minimum absolute atomic E-state index is 0.314. The van der Waals surface area contributed by atoms with Crippen LogP contribution in [0.15, 0.2) is 0 Å². The molecule has 0 amide bonds. The van der Waals surface area contributed by atoms with Crippen molar-refractivity contribution in [2.75, 3.05) is 0 Å². The molecule has 0 heterocycles. The standard InChI is InChI=1S/C17H26O2/c1-2-3-4-5-6-7-8-9-10-11-12-13-14-15-16-17(18)19/h2-3,8-16H2,1H3,(H,18,19). The van der Waals surface area contributed by atoms with Crippen molar-refractivity contribution in [3.63, 3.8) is 0 Å². The van der Waals surface area contributed by atoms with Crippen LogP contribution >= 0.6 is 0 Å². The average Bonchev–Trinajstić information content (AvgIpc) is 2.39. The molecule has 2 heteroatoms. The topological polar surface area (TPSA) is 37.3 Å². The third-order valence-corrected chi connectivity index (χ3v) is 2.81. The highest BCUT2D eigenvalue weighted by molar-refractivity contribution is 5.66. The summed E-state index contributed by atoms with van der Waals surface area (Å²) >= 11 is 0. The van der Waals surface area contributed by atoms with Gasteiger partial charge in [-0.3, -0.25) is 4.79 Å². The molecule has 0 aromatic carbocycles. The summed E-state index contributed by atoms with van der Waals surface area (Å²) in [4.78, 5) is 10.3. The second-order valence-electron chi connectivity index (χ2n) is 4.72. The molecule has 106 valence electrons. The molecular weight excluding hydrogens is 236 g/mol. The first kappa shape index (κ1) is 17.6. The molecule has 0 aromatic rings. The molecule has 0 bridgehead atoms. The van der Waals surface area contributed by atoms with Gasteiger partial charge in [-0.15, -0.1) is 0 Å². The van der Waals surface area contributed by atoms with E-state index in [9.17, 15) is 4.79 Å². The van der Waals surface area contributed by atoms with Gasteiger partial charge in [0, 0.05) is 19.3 Å². The summed E-state index contributed by atoms with van der Waals surface area (Å²) in [5.74, 6) is 11.2. The lowest BCUT2D eigenvalue weighted by atomic mass is 10.1. The molecule has 0 aliphatic carbocycles. The van der Waals surface area contributed by atoms with Crippen molar-refractivity contribution in [1.82, 2.24) is 0 Å². The first-order valence-corrected chi connectivity index (χ1v) is 7.45. The van der Waals surface area contributed by atoms with Crippen molar-refractivity contribution < 1.29 is 9.90 Å². The number of hydrogen-bond donors (Lipinski definition) is 1. The number of carboxylic acids is 1. The Bertz CT molecular complexity index is 336. The summed E-state index contributed by atoms with van der Waals surface area (Å²) in [5.41, 5.74) is 0. The highest BCUT2D eigenvalue weighted by Gasteiger charge is 1.96. The van der Waals surface area contributed by atoms with Crippen LogP contribution < -0.4 is 0 Å². The maximum atomic E-state index is 10.3. The Morgan fingerprint density at radius 2 is 1.37 bits per heavy atom. The molecule has 0 aliphatic rings. The van der Waals surface area contributed by atoms with Crippen LogP contribution in [0.3, 0.4) is 0 Å². The lowest BCUT2D eigenvalue weighted by molar-refractivity contribution is -0.137. The molecular formula is C17H26O2. The van der Waals surface area contributed by atoms with Crippen LogP contribution in [0.1, 0.15) is 77.6 Å². The Morgan fingerprint density at radius 3 is 1.95 bits per heavy atom. The van der Waals surface area contributed by atoms with Gasteiger partial charge < -0.3 is 5.11 Å². The Labute approximate surface area is 118 Å². The zero-order valence-electron chi connectivity index (χ0n) is 12.1. The van der Waals surface area contributed by atoms with E-state index in [-0.39, 0.29) is 0 Å². The van der Waals surface area contributed by atoms with Gasteiger partial charge in [-0.25, -0.2) is 0 Å². The molecule has 0 unspecified atom stereocenters. The fourth-order valence-corrected chi connectivity index (χ4v) is 1.71. The van der Waals surface area contributed by atoms with Gasteiger partial charge in [0.05, 0.1) is 0 Å². The molecule has 0 atom stereocenters. The zero-order valence-corrected chi connectivity index (χ0v) is 12.1. The summed E-state index contributed by atoms with van der Waals surface area (Å²) in [6.45, 7) is 2.11. The second kappa shape index (κ2) is 14.7. The fourth-order valence-electron chi connectivity index (χ4n) is 1.71. The van der Waals surface area contributed by atoms with Crippen LogP contribution in [-0.2, 0) is 4.79 Å². The molecule has 0 radical (unpaired) electrons. The number of hydrogen-bond acceptors (Lipinski definition) is 1. The number of rotatable bonds is 10. The molecule has 0 fully saturated rings. The van der Waals surface area contributed by atoms with E-state index in [4.69, 9.17) is 5.11 Å². The molecule has 0 rings (SSSR count). The second-order valence-corrected chi connectivity index (χ2v) is 4.72. The van der Waals surface area contributed by atoms with Gasteiger partial charge in [-0.1, -0.05) is 50.9 Å². The van der Waals surface area contributed by atoms with E-state index in [1.807, 2.05) is 0 Å². The SMILES string of the molecule is CCCC#CC#CCCCCCCCCCC(=O)O. The molecule has 0 aliphatic heterocycles. The van der Waals surface area contributed by atoms with Crippen LogP contribution in [0.4, 0.5) is 0 Å². The van der Waals surface area contributed by atoms with Crippen LogP contribution in [-0.4, -0.2) is 11.1 Å². The predicted molar refractivity (Wildman–Crippen MR) is 79.6 cm³/mol. The molecule has 19 heavy (non-hydrogen) atoms. The lowest BCUT2D eigenvalue weighted by Crippen LogP contribution is -1.93. The number of carboxylic acid groups (broad SMARTS) is 1. The third-order valence-electron chi connectivity index (χ3n) is 2.81. The van der Waals surface area contributed by atoms with Crippen LogP contribution in [0.5, 0.6) is 0 Å². The summed E-state index contributed by atoms with van der Waals surface area (Å²) in [5, 5.41) is 8.48. The molecule has 0 saturated heterocycles. The molecule has 0 aromatic heterocycles. The average molecular weight is 262 g/mol. The van der Waals surface area contributed by atoms with Gasteiger partial charge in [0.1, 0.15) is 0 Å². The van der Waals surface area contributed by atoms with E-state index >= 15 is 0 Å². The zero-order chi connectivity index (χ0) is 14.2. The minimum atomic E-state index is -0.680. The van der Waals surface area contributed by atoms with E-state index < -0.39 is 5.97 Å². The van der Waals surface area contributed by atoms with Crippen molar-refractivity contribution in [3.05, 3.63) is 0 Å². The van der Waals surface area contributed by atoms with Crippen molar-refractivity contribution in [2.24, 2.45) is 0 Å². The quantitative estimate of drug-likeness (QED) is 0.468. The van der Waals surface area contributed by atoms with E-state index in [1.54, 1.807) is 0 Å². The first-order chi connectivity index (χ1) is 9.27. The lowest BCUT2D eigenvalue weighted by Gasteiger charge is -1.99. The monoisotopic (exact) mass is 262 g/mol. The summed E-state index contributed by atoms with van der Waals surface area (Å²) in [6, 6.07) is 0. The maximum Gasteiger partial charge on any atom is 0.303 e. The molecule has 0 spiro atoms. The summed E-state index contributed by atoms with van der Waals surface area (Å²) < 4.78 is 0. The van der Waals surface area contributed by atoms with Crippen LogP contribution in [0, 0.1) is 23.7 Å². The Hall–Kier alpha value is -1.41. The van der Waals surface area contributed by atoms with Crippen molar-refractivity contribution in [1.29, 1.82) is 0 Å². The first-order valence-electron chi connectivity index (χ1n) is 7.45. The van der Waals surface area contributed by atoms with E-state index in [2.05, 4.69) is 30.6 Å². The number of aliphatic carboxylic acids is 1. The van der Waals surface area contributed by atoms with E-state index in [0.717, 1.165) is 44.9 Å². The maximum absolute atomic E-state index is 10.3. The Morgan fingerprint density at radius 1 is 0.842 bits per heavy atom. The third kappa shape index (κ3) is 16.6. The van der Waals surface area contributed by atoms with Crippen molar-refractivity contribution in [3.8, 4) is 23.7 Å². The highest BCUT2D eigenvalue weighted by Crippen LogP contribution is 2.09. The number of carbonyl (C=O) groups is 1. The van der Waals surface area contributed by atoms with Gasteiger partial charge in [0.2, 0.25) is 0 Å². The van der Waals surface area contributed by atoms with Crippen LogP contribution in [0.2, 0.25) is 0 Å². The molecule has 2 nitrogen and oxygen atoms in total. The minimum Gasteiger partial charge on any atom is -0.481 e. The largest absolute Gasteiger partial charge is 0.481 e. The van der Waals surface area contributed by atoms with E-state index in [1.165, 1.54) is 19.3 Å². The van der Waals surface area contributed by atoms with Crippen molar-refractivity contribution >= 4 is 5.97 Å². The van der Waals surface area contributed by atoms with E-state index in [0.29, 0.717) is 6.42 Å². The van der Waals surface area contributed by atoms with Gasteiger partial charge >= 0.3 is 5.97 Å². The number of unbranched alkanes of at least 4 members (excludes halogenated alkanes) is 8.